The number of amides is 1. The summed E-state index contributed by atoms with van der Waals surface area (Å²) in [5.41, 5.74) is 5.57. The summed E-state index contributed by atoms with van der Waals surface area (Å²) in [7, 11) is 2.16. The number of imidazole rings is 1. The molecule has 0 unspecified atom stereocenters. The minimum absolute atomic E-state index is 0.172. The first-order valence-electron chi connectivity index (χ1n) is 10.9. The van der Waals surface area contributed by atoms with Crippen molar-refractivity contribution in [2.24, 2.45) is 0 Å². The Balaban J connectivity index is 1.26. The molecular weight excluding hydrogens is 400 g/mol. The number of carbonyl (C=O) groups excluding carboxylic acids is 1. The Morgan fingerprint density at radius 3 is 2.56 bits per heavy atom. The van der Waals surface area contributed by atoms with Gasteiger partial charge in [-0.1, -0.05) is 24.3 Å². The smallest absolute Gasteiger partial charge is 0.253 e. The molecule has 32 heavy (non-hydrogen) atoms. The molecule has 4 aromatic rings. The fraction of sp³-hybridized carbons (Fsp3) is 0.240. The second-order valence-corrected chi connectivity index (χ2v) is 8.18. The molecule has 0 bridgehead atoms. The van der Waals surface area contributed by atoms with Crippen LogP contribution in [0.1, 0.15) is 16.2 Å². The van der Waals surface area contributed by atoms with Crippen LogP contribution in [-0.2, 0) is 6.54 Å². The third-order valence-corrected chi connectivity index (χ3v) is 5.92. The summed E-state index contributed by atoms with van der Waals surface area (Å²) >= 11 is 0. The van der Waals surface area contributed by atoms with E-state index in [1.807, 2.05) is 30.3 Å². The van der Waals surface area contributed by atoms with Crippen LogP contribution in [0.3, 0.4) is 0 Å². The predicted molar refractivity (Wildman–Crippen MR) is 127 cm³/mol. The van der Waals surface area contributed by atoms with Crippen molar-refractivity contribution in [2.45, 2.75) is 6.54 Å². The molecule has 3 heterocycles. The molecule has 1 aliphatic rings. The van der Waals surface area contributed by atoms with E-state index in [1.165, 1.54) is 5.69 Å². The fourth-order valence-electron chi connectivity index (χ4n) is 4.01. The number of H-pyrrole nitrogens is 1. The fourth-order valence-corrected chi connectivity index (χ4v) is 4.01. The molecule has 7 nitrogen and oxygen atoms in total. The molecular formula is C25H26N6O. The lowest BCUT2D eigenvalue weighted by atomic mass is 10.0. The molecule has 2 aromatic heterocycles. The molecule has 0 atom stereocenters. The van der Waals surface area contributed by atoms with Crippen molar-refractivity contribution in [3.63, 3.8) is 0 Å². The average molecular weight is 427 g/mol. The van der Waals surface area contributed by atoms with Crippen molar-refractivity contribution in [1.29, 1.82) is 0 Å². The van der Waals surface area contributed by atoms with Crippen LogP contribution in [0.2, 0.25) is 0 Å². The maximum absolute atomic E-state index is 12.7. The van der Waals surface area contributed by atoms with Crippen LogP contribution in [-0.4, -0.2) is 59.0 Å². The first-order chi connectivity index (χ1) is 15.7. The van der Waals surface area contributed by atoms with E-state index in [0.717, 1.165) is 54.2 Å². The summed E-state index contributed by atoms with van der Waals surface area (Å²) in [6, 6.07) is 18.2. The normalized spacial score (nSPS) is 14.6. The van der Waals surface area contributed by atoms with Gasteiger partial charge in [-0.05, 0) is 42.9 Å². The Bertz CT molecular complexity index is 1190. The van der Waals surface area contributed by atoms with E-state index in [-0.39, 0.29) is 5.91 Å². The molecule has 1 aliphatic heterocycles. The second-order valence-electron chi connectivity index (χ2n) is 8.18. The number of nitrogens with zero attached hydrogens (tertiary/aromatic N) is 4. The van der Waals surface area contributed by atoms with Crippen LogP contribution >= 0.6 is 0 Å². The topological polar surface area (TPSA) is 77.2 Å². The highest BCUT2D eigenvalue weighted by Gasteiger charge is 2.14. The molecule has 2 aromatic carbocycles. The average Bonchev–Trinajstić information content (AvgIpc) is 3.26. The molecule has 1 saturated heterocycles. The summed E-state index contributed by atoms with van der Waals surface area (Å²) < 4.78 is 0. The Kier molecular flexibility index (Phi) is 5.56. The lowest BCUT2D eigenvalue weighted by Gasteiger charge is -2.34. The van der Waals surface area contributed by atoms with Gasteiger partial charge in [0.05, 0.1) is 23.1 Å². The monoisotopic (exact) mass is 426 g/mol. The van der Waals surface area contributed by atoms with Crippen LogP contribution in [0, 0.1) is 0 Å². The van der Waals surface area contributed by atoms with Gasteiger partial charge in [-0.15, -0.1) is 0 Å². The number of likely N-dealkylation sites (N-methyl/N-ethyl adjacent to an activating group) is 1. The van der Waals surface area contributed by atoms with Crippen molar-refractivity contribution in [2.75, 3.05) is 38.1 Å². The molecule has 1 fully saturated rings. The number of rotatable bonds is 5. The maximum atomic E-state index is 12.7. The van der Waals surface area contributed by atoms with Crippen molar-refractivity contribution in [1.82, 2.24) is 25.2 Å². The lowest BCUT2D eigenvalue weighted by molar-refractivity contribution is 0.0949. The summed E-state index contributed by atoms with van der Waals surface area (Å²) in [4.78, 5) is 29.5. The Morgan fingerprint density at radius 1 is 1.00 bits per heavy atom. The number of aromatic nitrogens is 3. The molecule has 0 spiro atoms. The van der Waals surface area contributed by atoms with Gasteiger partial charge in [0.15, 0.2) is 0 Å². The number of anilines is 1. The Labute approximate surface area is 187 Å². The van der Waals surface area contributed by atoms with Gasteiger partial charge in [-0.25, -0.2) is 4.98 Å². The number of pyridine rings is 1. The molecule has 0 aliphatic carbocycles. The number of carbonyl (C=O) groups is 1. The number of hydrogen-bond acceptors (Lipinski definition) is 5. The largest absolute Gasteiger partial charge is 0.369 e. The van der Waals surface area contributed by atoms with E-state index >= 15 is 0 Å². The third kappa shape index (κ3) is 4.33. The number of aromatic amines is 1. The summed E-state index contributed by atoms with van der Waals surface area (Å²) in [5.74, 6) is 0.553. The maximum Gasteiger partial charge on any atom is 0.253 e. The minimum atomic E-state index is -0.172. The van der Waals surface area contributed by atoms with Gasteiger partial charge in [0, 0.05) is 49.8 Å². The van der Waals surface area contributed by atoms with E-state index in [0.29, 0.717) is 12.1 Å². The van der Waals surface area contributed by atoms with Crippen molar-refractivity contribution < 1.29 is 4.79 Å². The van der Waals surface area contributed by atoms with Crippen LogP contribution in [0.15, 0.2) is 67.0 Å². The molecule has 1 amide bonds. The van der Waals surface area contributed by atoms with Gasteiger partial charge in [0.25, 0.3) is 5.91 Å². The molecule has 162 valence electrons. The third-order valence-electron chi connectivity index (χ3n) is 5.92. The zero-order valence-electron chi connectivity index (χ0n) is 18.1. The predicted octanol–water partition coefficient (Wildman–Crippen LogP) is 3.31. The number of fused-ring (bicyclic) bond motifs is 1. The van der Waals surface area contributed by atoms with Gasteiger partial charge >= 0.3 is 0 Å². The summed E-state index contributed by atoms with van der Waals surface area (Å²) in [6.07, 6.45) is 3.39. The van der Waals surface area contributed by atoms with Crippen LogP contribution < -0.4 is 10.2 Å². The highest BCUT2D eigenvalue weighted by Crippen LogP contribution is 2.24. The van der Waals surface area contributed by atoms with Gasteiger partial charge in [-0.3, -0.25) is 9.78 Å². The number of hydrogen-bond donors (Lipinski definition) is 2. The molecule has 7 heteroatoms. The van der Waals surface area contributed by atoms with Gasteiger partial charge in [0.2, 0.25) is 0 Å². The van der Waals surface area contributed by atoms with E-state index in [9.17, 15) is 4.79 Å². The quantitative estimate of drug-likeness (QED) is 0.512. The van der Waals surface area contributed by atoms with Crippen molar-refractivity contribution >= 4 is 22.6 Å². The first kappa shape index (κ1) is 20.2. The minimum Gasteiger partial charge on any atom is -0.369 e. The Hall–Kier alpha value is -3.71. The van der Waals surface area contributed by atoms with E-state index in [1.54, 1.807) is 12.4 Å². The van der Waals surface area contributed by atoms with Crippen molar-refractivity contribution in [3.05, 3.63) is 78.4 Å². The highest BCUT2D eigenvalue weighted by molar-refractivity contribution is 5.95. The highest BCUT2D eigenvalue weighted by atomic mass is 16.1. The number of nitrogens with one attached hydrogen (secondary N) is 2. The molecule has 0 radical (unpaired) electrons. The van der Waals surface area contributed by atoms with E-state index in [2.05, 4.69) is 61.4 Å². The summed E-state index contributed by atoms with van der Waals surface area (Å²) in [6.45, 7) is 4.57. The van der Waals surface area contributed by atoms with Gasteiger partial charge in [0.1, 0.15) is 5.82 Å². The summed E-state index contributed by atoms with van der Waals surface area (Å²) in [5, 5.41) is 2.93. The first-order valence-corrected chi connectivity index (χ1v) is 10.9. The van der Waals surface area contributed by atoms with Gasteiger partial charge < -0.3 is 20.1 Å². The van der Waals surface area contributed by atoms with Gasteiger partial charge in [-0.2, -0.15) is 0 Å². The lowest BCUT2D eigenvalue weighted by Crippen LogP contribution is -2.44. The number of benzene rings is 2. The molecule has 5 rings (SSSR count). The van der Waals surface area contributed by atoms with E-state index < -0.39 is 0 Å². The SMILES string of the molecule is CN1CCN(c2ccc(-c3cncc(C(=O)NCc4nc5ccccc5[nH]4)c3)cc2)CC1. The second kappa shape index (κ2) is 8.80. The van der Waals surface area contributed by atoms with Crippen LogP contribution in [0.5, 0.6) is 0 Å². The number of piperazine rings is 1. The standard InChI is InChI=1S/C25H26N6O/c1-30-10-12-31(13-11-30)21-8-6-18(7-9-21)19-14-20(16-26-15-19)25(32)27-17-24-28-22-4-2-3-5-23(22)29-24/h2-9,14-16H,10-13,17H2,1H3,(H,27,32)(H,28,29). The molecule has 2 N–H and O–H groups in total. The van der Waals surface area contributed by atoms with Crippen molar-refractivity contribution in [3.8, 4) is 11.1 Å². The zero-order valence-corrected chi connectivity index (χ0v) is 18.1. The van der Waals surface area contributed by atoms with E-state index in [4.69, 9.17) is 0 Å². The molecule has 0 saturated carbocycles. The zero-order chi connectivity index (χ0) is 21.9. The van der Waals surface area contributed by atoms with Crippen LogP contribution in [0.25, 0.3) is 22.2 Å². The van der Waals surface area contributed by atoms with Crippen LogP contribution in [0.4, 0.5) is 5.69 Å². The number of para-hydroxylation sites is 2. The Morgan fingerprint density at radius 2 is 1.78 bits per heavy atom.